The maximum absolute atomic E-state index is 7.44. The van der Waals surface area contributed by atoms with E-state index >= 15 is 0 Å². The van der Waals surface area contributed by atoms with Crippen LogP contribution in [0.5, 0.6) is 0 Å². The summed E-state index contributed by atoms with van der Waals surface area (Å²) >= 11 is -0.0903. The third-order valence-electron chi connectivity index (χ3n) is 2.50. The predicted molar refractivity (Wildman–Crippen MR) is 87.4 cm³/mol. The molecule has 0 unspecified atom stereocenters. The summed E-state index contributed by atoms with van der Waals surface area (Å²) in [4.78, 5) is 0. The Hall–Kier alpha value is 0.414. The molecule has 2 rings (SSSR count). The van der Waals surface area contributed by atoms with E-state index in [1.807, 2.05) is 0 Å². The molecule has 0 bridgehead atoms. The van der Waals surface area contributed by atoms with Crippen LogP contribution in [0, 0.1) is 7.43 Å². The van der Waals surface area contributed by atoms with Crippen molar-refractivity contribution in [2.45, 2.75) is 78.6 Å². The normalized spacial score (nSPS) is 14.8. The molecule has 2 aliphatic rings. The van der Waals surface area contributed by atoms with Crippen LogP contribution in [0.15, 0.2) is 0 Å². The molecule has 2 fully saturated rings. The van der Waals surface area contributed by atoms with Crippen molar-refractivity contribution in [2.75, 3.05) is 0 Å². The molecule has 2 aliphatic carbocycles. The predicted octanol–water partition coefficient (Wildman–Crippen LogP) is 6.29. The smallest absolute Gasteiger partial charge is 0.358 e. The summed E-state index contributed by atoms with van der Waals surface area (Å²) in [6.45, 7) is 1.56. The van der Waals surface area contributed by atoms with Gasteiger partial charge >= 0.3 is 30.0 Å². The van der Waals surface area contributed by atoms with Gasteiger partial charge in [-0.05, 0) is 0 Å². The second-order valence-corrected chi connectivity index (χ2v) is 5.27. The summed E-state index contributed by atoms with van der Waals surface area (Å²) in [5.74, 6) is 0. The van der Waals surface area contributed by atoms with Gasteiger partial charge in [0.15, 0.2) is 0 Å². The van der Waals surface area contributed by atoms with E-state index in [1.165, 1.54) is 64.2 Å². The fraction of sp³-hybridized carbons (Fsp3) is 0.800. The first-order chi connectivity index (χ1) is 7.83. The molecule has 112 valence electrons. The summed E-state index contributed by atoms with van der Waals surface area (Å²) in [6, 6.07) is 0. The minimum Gasteiger partial charge on any atom is -0.358 e. The van der Waals surface area contributed by atoms with E-state index in [4.69, 9.17) is 15.3 Å². The van der Waals surface area contributed by atoms with Crippen LogP contribution in [-0.2, 0) is 14.9 Å². The van der Waals surface area contributed by atoms with E-state index in [2.05, 4.69) is 5.23 Å². The van der Waals surface area contributed by atoms with E-state index in [0.29, 0.717) is 0 Å². The maximum atomic E-state index is 7.44. The van der Waals surface area contributed by atoms with Gasteiger partial charge in [-0.15, -0.1) is 0 Å². The zero-order valence-corrected chi connectivity index (χ0v) is 13.8. The van der Waals surface area contributed by atoms with E-state index in [1.54, 1.807) is 6.92 Å². The van der Waals surface area contributed by atoms with Gasteiger partial charge in [-0.1, -0.05) is 78.6 Å². The summed E-state index contributed by atoms with van der Waals surface area (Å²) in [5.41, 5.74) is 0. The second kappa shape index (κ2) is 30.4. The molecule has 3 heteroatoms. The van der Waals surface area contributed by atoms with Crippen molar-refractivity contribution >= 4 is 21.3 Å². The molecule has 0 heterocycles. The monoisotopic (exact) mass is 313 g/mol. The number of nitrogens with zero attached hydrogens (tertiary/aromatic N) is 1. The van der Waals surface area contributed by atoms with Crippen LogP contribution in [-0.4, -0.2) is 11.4 Å². The van der Waals surface area contributed by atoms with Crippen LogP contribution in [0.1, 0.15) is 78.6 Å². The number of hydrogen-bond donors (Lipinski definition) is 0. The molecular formula is C15H33ClNV-2. The molecule has 0 atom stereocenters. The van der Waals surface area contributed by atoms with Crippen LogP contribution < -0.4 is 0 Å². The van der Waals surface area contributed by atoms with E-state index < -0.39 is 0 Å². The molecule has 0 saturated heterocycles. The third kappa shape index (κ3) is 36.0. The molecule has 0 aromatic carbocycles. The van der Waals surface area contributed by atoms with Crippen LogP contribution in [0.2, 0.25) is 0 Å². The zero-order valence-electron chi connectivity index (χ0n) is 11.6. The Bertz CT molecular complexity index is 101. The van der Waals surface area contributed by atoms with Crippen molar-refractivity contribution in [3.05, 3.63) is 12.8 Å². The van der Waals surface area contributed by atoms with E-state index in [-0.39, 0.29) is 29.7 Å². The summed E-state index contributed by atoms with van der Waals surface area (Å²) in [5, 5.41) is 10.8. The molecule has 0 aromatic rings. The molecule has 1 nitrogen and oxygen atoms in total. The van der Waals surface area contributed by atoms with Gasteiger partial charge in [0.05, 0.1) is 0 Å². The Morgan fingerprint density at radius 1 is 0.889 bits per heavy atom. The Morgan fingerprint density at radius 2 is 0.944 bits per heavy atom. The SMILES string of the molecule is C.C1CCCC1.C1CCCC1.CC=[N-].[CH2]=[V][Cl].[CH3-]. The molecule has 0 spiro atoms. The molecule has 0 amide bonds. The van der Waals surface area contributed by atoms with Crippen molar-refractivity contribution in [1.82, 2.24) is 0 Å². The second-order valence-electron chi connectivity index (χ2n) is 3.91. The minimum atomic E-state index is -0.0903. The maximum Gasteiger partial charge on any atom is -0.358 e. The standard InChI is InChI=1S/2C5H10.C2H4N.CH4.CH3.CH2.ClH.V/c2*1-2-4-5-3-1;1-2-3;;;;;/h2*1-5H2;2H,1H3;1H4;1H3;1H2;1H;/q;;-1;;-1;;;+1/p-1. The largest absolute Gasteiger partial charge is 0.358 e. The van der Waals surface area contributed by atoms with Gasteiger partial charge in [0.1, 0.15) is 0 Å². The molecule has 18 heavy (non-hydrogen) atoms. The topological polar surface area (TPSA) is 22.3 Å². The Balaban J connectivity index is -0.0000000725. The molecule has 0 radical (unpaired) electrons. The fourth-order valence-electron chi connectivity index (χ4n) is 1.77. The first kappa shape index (κ1) is 26.9. The Morgan fingerprint density at radius 3 is 1.00 bits per heavy atom. The van der Waals surface area contributed by atoms with Gasteiger partial charge in [0.2, 0.25) is 0 Å². The van der Waals surface area contributed by atoms with Crippen molar-refractivity contribution in [3.8, 4) is 0 Å². The molecule has 2 saturated carbocycles. The van der Waals surface area contributed by atoms with Gasteiger partial charge in [-0.2, -0.15) is 0 Å². The van der Waals surface area contributed by atoms with Gasteiger partial charge in [0, 0.05) is 0 Å². The average molecular weight is 314 g/mol. The van der Waals surface area contributed by atoms with E-state index in [0.717, 1.165) is 6.21 Å². The number of halogens is 1. The number of rotatable bonds is 0. The molecule has 0 aliphatic heterocycles. The summed E-state index contributed by atoms with van der Waals surface area (Å²) < 4.78 is 0. The Labute approximate surface area is 127 Å². The fourth-order valence-corrected chi connectivity index (χ4v) is 1.77. The van der Waals surface area contributed by atoms with Gasteiger partial charge in [0.25, 0.3) is 0 Å². The molecular weight excluding hydrogens is 281 g/mol. The summed E-state index contributed by atoms with van der Waals surface area (Å²) in [6.07, 6.45) is 16.0. The zero-order chi connectivity index (χ0) is 12.5. The first-order valence-electron chi connectivity index (χ1n) is 6.32. The van der Waals surface area contributed by atoms with Crippen molar-refractivity contribution in [3.63, 3.8) is 0 Å². The van der Waals surface area contributed by atoms with Gasteiger partial charge in [-0.3, -0.25) is 0 Å². The van der Waals surface area contributed by atoms with Gasteiger partial charge in [-0.25, -0.2) is 6.21 Å². The van der Waals surface area contributed by atoms with Crippen LogP contribution in [0.4, 0.5) is 0 Å². The first-order valence-corrected chi connectivity index (χ1v) is 9.23. The molecule has 0 aromatic heterocycles. The van der Waals surface area contributed by atoms with Crippen LogP contribution in [0.3, 0.4) is 0 Å². The van der Waals surface area contributed by atoms with Crippen LogP contribution >= 0.6 is 9.85 Å². The quantitative estimate of drug-likeness (QED) is 0.370. The van der Waals surface area contributed by atoms with Crippen molar-refractivity contribution in [1.29, 1.82) is 0 Å². The van der Waals surface area contributed by atoms with Crippen LogP contribution in [0.25, 0.3) is 5.41 Å². The summed E-state index contributed by atoms with van der Waals surface area (Å²) in [7, 11) is 4.98. The average Bonchev–Trinajstić information content (AvgIpc) is 3.00. The van der Waals surface area contributed by atoms with Crippen molar-refractivity contribution < 1.29 is 14.9 Å². The molecule has 0 N–H and O–H groups in total. The van der Waals surface area contributed by atoms with E-state index in [9.17, 15) is 0 Å². The van der Waals surface area contributed by atoms with Gasteiger partial charge < -0.3 is 12.8 Å². The van der Waals surface area contributed by atoms with Crippen molar-refractivity contribution in [2.24, 2.45) is 0 Å². The third-order valence-corrected chi connectivity index (χ3v) is 2.50. The Kier molecular flexibility index (Phi) is 45.5. The minimum absolute atomic E-state index is 0. The number of hydrogen-bond acceptors (Lipinski definition) is 0.